The summed E-state index contributed by atoms with van der Waals surface area (Å²) < 4.78 is 10.5. The second-order valence-corrected chi connectivity index (χ2v) is 12.0. The number of amides is 1. The zero-order valence-electron chi connectivity index (χ0n) is 26.1. The normalized spacial score (nSPS) is 11.9. The van der Waals surface area contributed by atoms with Crippen LogP contribution in [0.5, 0.6) is 0 Å². The van der Waals surface area contributed by atoms with Gasteiger partial charge in [-0.25, -0.2) is 14.6 Å². The predicted octanol–water partition coefficient (Wildman–Crippen LogP) is 7.14. The van der Waals surface area contributed by atoms with Crippen LogP contribution in [0.2, 0.25) is 0 Å². The molecule has 0 atom stereocenters. The Morgan fingerprint density at radius 3 is 1.91 bits per heavy atom. The van der Waals surface area contributed by atoms with E-state index >= 15 is 0 Å². The van der Waals surface area contributed by atoms with E-state index in [-0.39, 0.29) is 18.9 Å². The molecule has 0 radical (unpaired) electrons. The van der Waals surface area contributed by atoms with Gasteiger partial charge >= 0.3 is 12.1 Å². The molecular weight excluding hydrogens is 588 g/mol. The number of aromatic nitrogens is 1. The molecule has 9 nitrogen and oxygen atoms in total. The zero-order valence-corrected chi connectivity index (χ0v) is 26.9. The van der Waals surface area contributed by atoms with Crippen molar-refractivity contribution in [2.24, 2.45) is 5.16 Å². The maximum atomic E-state index is 12.9. The highest BCUT2D eigenvalue weighted by Crippen LogP contribution is 2.40. The molecule has 1 aromatic heterocycles. The monoisotopic (exact) mass is 628 g/mol. The lowest BCUT2D eigenvalue weighted by molar-refractivity contribution is -0.135. The van der Waals surface area contributed by atoms with Crippen molar-refractivity contribution >= 4 is 34.2 Å². The van der Waals surface area contributed by atoms with Crippen LogP contribution in [-0.4, -0.2) is 48.1 Å². The van der Waals surface area contributed by atoms with Crippen LogP contribution in [0.15, 0.2) is 102 Å². The molecule has 4 aromatic rings. The number of hydrogen-bond donors (Lipinski definition) is 2. The van der Waals surface area contributed by atoms with Crippen LogP contribution < -0.4 is 10.6 Å². The van der Waals surface area contributed by atoms with Gasteiger partial charge in [0.25, 0.3) is 0 Å². The Kier molecular flexibility index (Phi) is 11.7. The second-order valence-electron chi connectivity index (χ2n) is 11.1. The lowest BCUT2D eigenvalue weighted by Crippen LogP contribution is -2.38. The summed E-state index contributed by atoms with van der Waals surface area (Å²) in [5.41, 5.74) is 2.09. The number of carbonyl (C=O) groups excluding carboxylic acids is 2. The van der Waals surface area contributed by atoms with E-state index in [0.29, 0.717) is 30.2 Å². The highest BCUT2D eigenvalue weighted by atomic mass is 32.1. The number of hydrogen-bond acceptors (Lipinski definition) is 9. The summed E-state index contributed by atoms with van der Waals surface area (Å²) in [6.07, 6.45) is 0.789. The van der Waals surface area contributed by atoms with Crippen molar-refractivity contribution in [3.8, 4) is 0 Å². The first kappa shape index (κ1) is 33.2. The number of carbonyl (C=O) groups is 2. The molecule has 0 spiro atoms. The average Bonchev–Trinajstić information content (AvgIpc) is 3.49. The average molecular weight is 629 g/mol. The van der Waals surface area contributed by atoms with Crippen molar-refractivity contribution in [1.29, 1.82) is 0 Å². The Hall–Kier alpha value is -4.70. The lowest BCUT2D eigenvalue weighted by atomic mass is 9.77. The van der Waals surface area contributed by atoms with Crippen molar-refractivity contribution in [2.45, 2.75) is 51.7 Å². The van der Waals surface area contributed by atoms with Crippen LogP contribution in [-0.2, 0) is 24.6 Å². The van der Waals surface area contributed by atoms with Gasteiger partial charge in [0.2, 0.25) is 5.71 Å². The minimum Gasteiger partial charge on any atom is -0.461 e. The minimum absolute atomic E-state index is 0.0160. The SMILES string of the molecule is CCOC(=O)/C(=N\OCCCCNC(=O)OC(C)(C)C)c1csc(NC(c2ccccc2)(c2ccccc2)c2ccccc2)n1. The van der Waals surface area contributed by atoms with Gasteiger partial charge in [-0.05, 0) is 57.2 Å². The largest absolute Gasteiger partial charge is 0.461 e. The molecule has 45 heavy (non-hydrogen) atoms. The molecule has 2 N–H and O–H groups in total. The molecule has 0 aliphatic carbocycles. The van der Waals surface area contributed by atoms with Crippen molar-refractivity contribution in [1.82, 2.24) is 10.3 Å². The molecule has 0 saturated heterocycles. The molecule has 0 saturated carbocycles. The number of thiazole rings is 1. The number of oxime groups is 1. The summed E-state index contributed by atoms with van der Waals surface area (Å²) >= 11 is 1.36. The van der Waals surface area contributed by atoms with E-state index < -0.39 is 23.2 Å². The summed E-state index contributed by atoms with van der Waals surface area (Å²) in [4.78, 5) is 35.0. The highest BCUT2D eigenvalue weighted by Gasteiger charge is 2.37. The number of ether oxygens (including phenoxy) is 2. The topological polar surface area (TPSA) is 111 Å². The van der Waals surface area contributed by atoms with E-state index in [4.69, 9.17) is 19.3 Å². The summed E-state index contributed by atoms with van der Waals surface area (Å²) in [7, 11) is 0. The summed E-state index contributed by atoms with van der Waals surface area (Å²) in [6.45, 7) is 8.03. The van der Waals surface area contributed by atoms with Crippen molar-refractivity contribution in [3.05, 3.63) is 119 Å². The fourth-order valence-electron chi connectivity index (χ4n) is 4.68. The van der Waals surface area contributed by atoms with Crippen LogP contribution in [0.25, 0.3) is 0 Å². The molecule has 0 unspecified atom stereocenters. The van der Waals surface area contributed by atoms with Crippen LogP contribution in [0.1, 0.15) is 62.9 Å². The molecule has 3 aromatic carbocycles. The number of anilines is 1. The predicted molar refractivity (Wildman–Crippen MR) is 178 cm³/mol. The molecule has 0 fully saturated rings. The summed E-state index contributed by atoms with van der Waals surface area (Å²) in [6, 6.07) is 30.6. The van der Waals surface area contributed by atoms with Crippen LogP contribution >= 0.6 is 11.3 Å². The Balaban J connectivity index is 1.54. The molecule has 10 heteroatoms. The van der Waals surface area contributed by atoms with E-state index in [2.05, 4.69) is 52.2 Å². The quantitative estimate of drug-likeness (QED) is 0.0502. The fourth-order valence-corrected chi connectivity index (χ4v) is 5.43. The van der Waals surface area contributed by atoms with Crippen LogP contribution in [0.3, 0.4) is 0 Å². The molecular formula is C35H40N4O5S. The maximum absolute atomic E-state index is 12.9. The fraction of sp³-hybridized carbons (Fsp3) is 0.314. The second kappa shape index (κ2) is 15.9. The first-order valence-electron chi connectivity index (χ1n) is 15.0. The van der Waals surface area contributed by atoms with Crippen LogP contribution in [0, 0.1) is 0 Å². The summed E-state index contributed by atoms with van der Waals surface area (Å²) in [5, 5.41) is 12.9. The third-order valence-corrected chi connectivity index (χ3v) is 7.37. The lowest BCUT2D eigenvalue weighted by Gasteiger charge is -2.36. The van der Waals surface area contributed by atoms with E-state index in [1.54, 1.807) is 12.3 Å². The van der Waals surface area contributed by atoms with Gasteiger partial charge in [-0.15, -0.1) is 11.3 Å². The minimum atomic E-state index is -0.774. The van der Waals surface area contributed by atoms with Crippen molar-refractivity contribution in [2.75, 3.05) is 25.1 Å². The molecule has 0 aliphatic rings. The van der Waals surface area contributed by atoms with E-state index in [9.17, 15) is 9.59 Å². The highest BCUT2D eigenvalue weighted by molar-refractivity contribution is 7.14. The van der Waals surface area contributed by atoms with E-state index in [1.807, 2.05) is 75.4 Å². The molecule has 236 valence electrons. The number of esters is 1. The standard InChI is InChI=1S/C35H40N4O5S/c1-5-42-31(40)30(39-43-24-16-15-23-36-33(41)44-34(2,3)4)29-25-45-32(37-29)38-35(26-17-9-6-10-18-26,27-19-11-7-12-20-27)28-21-13-8-14-22-28/h6-14,17-22,25H,5,15-16,23-24H2,1-4H3,(H,36,41)(H,37,38)/b39-30-. The third-order valence-electron chi connectivity index (χ3n) is 6.62. The van der Waals surface area contributed by atoms with Gasteiger partial charge in [-0.1, -0.05) is 96.2 Å². The van der Waals surface area contributed by atoms with Gasteiger partial charge in [-0.2, -0.15) is 0 Å². The van der Waals surface area contributed by atoms with Gasteiger partial charge in [-0.3, -0.25) is 0 Å². The Morgan fingerprint density at radius 2 is 1.40 bits per heavy atom. The molecule has 4 rings (SSSR count). The van der Waals surface area contributed by atoms with Crippen LogP contribution in [0.4, 0.5) is 9.93 Å². The number of benzene rings is 3. The molecule has 1 amide bonds. The number of unbranched alkanes of at least 4 members (excludes halogenated alkanes) is 1. The Labute approximate surface area is 268 Å². The van der Waals surface area contributed by atoms with Gasteiger partial charge in [0.05, 0.1) is 6.61 Å². The van der Waals surface area contributed by atoms with E-state index in [0.717, 1.165) is 16.7 Å². The number of rotatable bonds is 14. The smallest absolute Gasteiger partial charge is 0.407 e. The van der Waals surface area contributed by atoms with Gasteiger partial charge < -0.3 is 24.9 Å². The molecule has 0 bridgehead atoms. The van der Waals surface area contributed by atoms with Gasteiger partial charge in [0.15, 0.2) is 5.13 Å². The molecule has 1 heterocycles. The number of nitrogens with one attached hydrogen (secondary N) is 2. The van der Waals surface area contributed by atoms with Gasteiger partial charge in [0.1, 0.15) is 23.4 Å². The van der Waals surface area contributed by atoms with Gasteiger partial charge in [0, 0.05) is 11.9 Å². The van der Waals surface area contributed by atoms with Crippen molar-refractivity contribution in [3.63, 3.8) is 0 Å². The number of nitrogens with zero attached hydrogens (tertiary/aromatic N) is 2. The van der Waals surface area contributed by atoms with E-state index in [1.165, 1.54) is 11.3 Å². The first-order valence-corrected chi connectivity index (χ1v) is 15.9. The Bertz CT molecular complexity index is 1440. The Morgan fingerprint density at radius 1 is 0.844 bits per heavy atom. The number of alkyl carbamates (subject to hydrolysis) is 1. The first-order chi connectivity index (χ1) is 21.7. The third kappa shape index (κ3) is 9.15. The van der Waals surface area contributed by atoms with Crippen molar-refractivity contribution < 1.29 is 23.9 Å². The zero-order chi connectivity index (χ0) is 32.1. The summed E-state index contributed by atoms with van der Waals surface area (Å²) in [5.74, 6) is -0.624. The maximum Gasteiger partial charge on any atom is 0.407 e. The molecule has 0 aliphatic heterocycles.